The predicted octanol–water partition coefficient (Wildman–Crippen LogP) is 3.90. The lowest BCUT2D eigenvalue weighted by Gasteiger charge is -2.35. The van der Waals surface area contributed by atoms with Crippen LogP contribution in [-0.2, 0) is 4.74 Å². The zero-order valence-electron chi connectivity index (χ0n) is 15.2. The molecule has 3 rings (SSSR count). The van der Waals surface area contributed by atoms with Crippen LogP contribution in [0.25, 0.3) is 0 Å². The molecule has 0 aliphatic carbocycles. The Bertz CT molecular complexity index is 839. The highest BCUT2D eigenvalue weighted by Gasteiger charge is 2.23. The van der Waals surface area contributed by atoms with Crippen molar-refractivity contribution < 1.29 is 9.53 Å². The van der Waals surface area contributed by atoms with Gasteiger partial charge in [-0.1, -0.05) is 23.7 Å². The number of nitrogens with one attached hydrogen (secondary N) is 1. The molecule has 27 heavy (non-hydrogen) atoms. The predicted molar refractivity (Wildman–Crippen MR) is 106 cm³/mol. The maximum Gasteiger partial charge on any atom is 0.161 e. The van der Waals surface area contributed by atoms with Crippen molar-refractivity contribution in [2.75, 3.05) is 38.2 Å². The van der Waals surface area contributed by atoms with Gasteiger partial charge in [0.2, 0.25) is 0 Å². The third kappa shape index (κ3) is 4.86. The van der Waals surface area contributed by atoms with Crippen LogP contribution in [0, 0.1) is 11.3 Å². The molecule has 2 aromatic rings. The summed E-state index contributed by atoms with van der Waals surface area (Å²) < 4.78 is 5.48. The van der Waals surface area contributed by atoms with Crippen LogP contribution < -0.4 is 5.32 Å². The Morgan fingerprint density at radius 1 is 1.26 bits per heavy atom. The number of rotatable bonds is 6. The lowest BCUT2D eigenvalue weighted by atomic mass is 10.0. The molecule has 1 aliphatic rings. The number of nitrogens with zero attached hydrogens (tertiary/aromatic N) is 2. The molecular formula is C21H22ClN3O2. The molecule has 1 N–H and O–H groups in total. The minimum absolute atomic E-state index is 0.0311. The van der Waals surface area contributed by atoms with Crippen LogP contribution in [0.5, 0.6) is 0 Å². The molecule has 6 heteroatoms. The van der Waals surface area contributed by atoms with Gasteiger partial charge in [0.1, 0.15) is 0 Å². The molecule has 0 bridgehead atoms. The summed E-state index contributed by atoms with van der Waals surface area (Å²) in [4.78, 5) is 14.3. The molecule has 1 fully saturated rings. The Morgan fingerprint density at radius 3 is 2.59 bits per heavy atom. The van der Waals surface area contributed by atoms with Gasteiger partial charge in [0.25, 0.3) is 0 Å². The smallest absolute Gasteiger partial charge is 0.161 e. The summed E-state index contributed by atoms with van der Waals surface area (Å²) in [7, 11) is 0. The summed E-state index contributed by atoms with van der Waals surface area (Å²) in [6.45, 7) is 5.22. The number of Topliss-reactive ketones (excluding diaryl/α,β-unsaturated/α-hetero) is 1. The number of nitriles is 1. The second-order valence-corrected chi connectivity index (χ2v) is 6.96. The number of benzene rings is 2. The molecule has 0 radical (unpaired) electrons. The fourth-order valence-electron chi connectivity index (χ4n) is 3.31. The van der Waals surface area contributed by atoms with E-state index in [1.54, 1.807) is 18.2 Å². The number of halogens is 1. The van der Waals surface area contributed by atoms with Gasteiger partial charge in [0.15, 0.2) is 5.78 Å². The van der Waals surface area contributed by atoms with Crippen LogP contribution >= 0.6 is 11.6 Å². The van der Waals surface area contributed by atoms with Gasteiger partial charge in [-0.05, 0) is 42.8 Å². The van der Waals surface area contributed by atoms with Crippen molar-refractivity contribution in [3.8, 4) is 6.07 Å². The number of hydrogen-bond acceptors (Lipinski definition) is 5. The second kappa shape index (κ2) is 9.01. The normalized spacial score (nSPS) is 15.7. The van der Waals surface area contributed by atoms with Gasteiger partial charge in [-0.25, -0.2) is 0 Å². The largest absolute Gasteiger partial charge is 0.382 e. The Kier molecular flexibility index (Phi) is 6.46. The van der Waals surface area contributed by atoms with Crippen LogP contribution in [-0.4, -0.2) is 43.5 Å². The first-order valence-corrected chi connectivity index (χ1v) is 9.32. The van der Waals surface area contributed by atoms with Crippen LogP contribution in [0.15, 0.2) is 42.5 Å². The number of morpholine rings is 1. The highest BCUT2D eigenvalue weighted by atomic mass is 35.5. The second-order valence-electron chi connectivity index (χ2n) is 6.52. The standard InChI is InChI=1S/C21H22ClN3O2/c1-15(26)19-7-2-16(13-23)12-20(19)24-14-21(25-8-10-27-11-9-25)17-3-5-18(22)6-4-17/h2-7,12,21,24H,8-11,14H2,1H3. The molecule has 140 valence electrons. The zero-order valence-corrected chi connectivity index (χ0v) is 16.0. The van der Waals surface area contributed by atoms with E-state index in [-0.39, 0.29) is 11.8 Å². The third-order valence-corrected chi connectivity index (χ3v) is 5.01. The van der Waals surface area contributed by atoms with Gasteiger partial charge in [0.05, 0.1) is 30.9 Å². The molecule has 5 nitrogen and oxygen atoms in total. The first kappa shape index (κ1) is 19.4. The van der Waals surface area contributed by atoms with E-state index in [2.05, 4.69) is 16.3 Å². The average molecular weight is 384 g/mol. The van der Waals surface area contributed by atoms with Gasteiger partial charge < -0.3 is 10.1 Å². The summed E-state index contributed by atoms with van der Waals surface area (Å²) in [6, 6.07) is 15.2. The molecule has 1 saturated heterocycles. The zero-order chi connectivity index (χ0) is 19.2. The Labute approximate surface area is 164 Å². The van der Waals surface area contributed by atoms with Crippen LogP contribution in [0.4, 0.5) is 5.69 Å². The molecule has 1 heterocycles. The summed E-state index contributed by atoms with van der Waals surface area (Å²) in [6.07, 6.45) is 0. The quantitative estimate of drug-likeness (QED) is 0.766. The molecule has 1 unspecified atom stereocenters. The van der Waals surface area contributed by atoms with Crippen molar-refractivity contribution in [2.45, 2.75) is 13.0 Å². The van der Waals surface area contributed by atoms with E-state index in [9.17, 15) is 10.1 Å². The molecule has 0 saturated carbocycles. The van der Waals surface area contributed by atoms with Crippen LogP contribution in [0.3, 0.4) is 0 Å². The number of anilines is 1. The summed E-state index contributed by atoms with van der Waals surface area (Å²) in [5.41, 5.74) is 2.95. The number of carbonyl (C=O) groups is 1. The highest BCUT2D eigenvalue weighted by Crippen LogP contribution is 2.26. The average Bonchev–Trinajstić information content (AvgIpc) is 2.70. The minimum atomic E-state index is -0.0311. The van der Waals surface area contributed by atoms with E-state index in [1.807, 2.05) is 24.3 Å². The van der Waals surface area contributed by atoms with Gasteiger partial charge in [-0.2, -0.15) is 5.26 Å². The van der Waals surface area contributed by atoms with Gasteiger partial charge in [-0.3, -0.25) is 9.69 Å². The van der Waals surface area contributed by atoms with Crippen molar-refractivity contribution in [3.05, 3.63) is 64.2 Å². The molecule has 0 amide bonds. The fourth-order valence-corrected chi connectivity index (χ4v) is 3.43. The number of ether oxygens (including phenoxy) is 1. The van der Waals surface area contributed by atoms with Crippen LogP contribution in [0.1, 0.15) is 34.5 Å². The number of ketones is 1. The fraction of sp³-hybridized carbons (Fsp3) is 0.333. The van der Waals surface area contributed by atoms with E-state index in [4.69, 9.17) is 16.3 Å². The molecule has 0 spiro atoms. The maximum atomic E-state index is 12.0. The van der Waals surface area contributed by atoms with Crippen molar-refractivity contribution in [1.29, 1.82) is 5.26 Å². The SMILES string of the molecule is CC(=O)c1ccc(C#N)cc1NCC(c1ccc(Cl)cc1)N1CCOCC1. The van der Waals surface area contributed by atoms with Crippen molar-refractivity contribution in [2.24, 2.45) is 0 Å². The number of carbonyl (C=O) groups excluding carboxylic acids is 1. The summed E-state index contributed by atoms with van der Waals surface area (Å²) in [5, 5.41) is 13.3. The van der Waals surface area contributed by atoms with Crippen molar-refractivity contribution >= 4 is 23.1 Å². The summed E-state index contributed by atoms with van der Waals surface area (Å²) in [5.74, 6) is -0.0311. The number of hydrogen-bond donors (Lipinski definition) is 1. The Hall–Kier alpha value is -2.39. The van der Waals surface area contributed by atoms with Crippen molar-refractivity contribution in [1.82, 2.24) is 4.90 Å². The molecule has 1 atom stereocenters. The van der Waals surface area contributed by atoms with Gasteiger partial charge in [-0.15, -0.1) is 0 Å². The molecule has 1 aliphatic heterocycles. The highest BCUT2D eigenvalue weighted by molar-refractivity contribution is 6.30. The van der Waals surface area contributed by atoms with E-state index in [0.29, 0.717) is 41.6 Å². The monoisotopic (exact) mass is 383 g/mol. The Morgan fingerprint density at radius 2 is 1.96 bits per heavy atom. The van der Waals surface area contributed by atoms with E-state index in [1.165, 1.54) is 6.92 Å². The lowest BCUT2D eigenvalue weighted by molar-refractivity contribution is 0.0187. The lowest BCUT2D eigenvalue weighted by Crippen LogP contribution is -2.41. The molecule has 0 aromatic heterocycles. The topological polar surface area (TPSA) is 65.4 Å². The Balaban J connectivity index is 1.85. The third-order valence-electron chi connectivity index (χ3n) is 4.76. The van der Waals surface area contributed by atoms with E-state index < -0.39 is 0 Å². The van der Waals surface area contributed by atoms with E-state index in [0.717, 1.165) is 18.7 Å². The first-order chi connectivity index (χ1) is 13.1. The van der Waals surface area contributed by atoms with Crippen molar-refractivity contribution in [3.63, 3.8) is 0 Å². The van der Waals surface area contributed by atoms with E-state index >= 15 is 0 Å². The maximum absolute atomic E-state index is 12.0. The first-order valence-electron chi connectivity index (χ1n) is 8.94. The van der Waals surface area contributed by atoms with Gasteiger partial charge in [0, 0.05) is 35.9 Å². The molecular weight excluding hydrogens is 362 g/mol. The van der Waals surface area contributed by atoms with Gasteiger partial charge >= 0.3 is 0 Å². The minimum Gasteiger partial charge on any atom is -0.382 e. The summed E-state index contributed by atoms with van der Waals surface area (Å²) >= 11 is 6.05. The molecule has 2 aromatic carbocycles. The van der Waals surface area contributed by atoms with Crippen LogP contribution in [0.2, 0.25) is 5.02 Å².